The number of nitrogens with one attached hydrogen (secondary N) is 1. The Morgan fingerprint density at radius 1 is 0.389 bits per heavy atom. The number of allylic oxidation sites excluding steroid dienone is 6. The maximum Gasteiger partial charge on any atom is 0.305 e. The van der Waals surface area contributed by atoms with E-state index in [2.05, 4.69) is 55.6 Å². The summed E-state index contributed by atoms with van der Waals surface area (Å²) in [5.74, 6) is -0.0950. The number of hydrogen-bond donors (Lipinski definition) is 3. The number of unbranched alkanes of at least 4 members (excludes halogenated alkanes) is 43. The van der Waals surface area contributed by atoms with Gasteiger partial charge in [-0.15, -0.1) is 0 Å². The van der Waals surface area contributed by atoms with Gasteiger partial charge in [0.05, 0.1) is 25.4 Å². The highest BCUT2D eigenvalue weighted by Gasteiger charge is 2.20. The summed E-state index contributed by atoms with van der Waals surface area (Å²) in [6, 6.07) is -0.565. The molecule has 1 amide bonds. The smallest absolute Gasteiger partial charge is 0.305 e. The zero-order valence-corrected chi connectivity index (χ0v) is 48.4. The maximum absolute atomic E-state index is 12.5. The Bertz CT molecular complexity index is 1170. The number of ether oxygens (including phenoxy) is 1. The third kappa shape index (κ3) is 57.4. The molecule has 0 aliphatic rings. The van der Waals surface area contributed by atoms with Crippen molar-refractivity contribution in [3.05, 3.63) is 36.5 Å². The number of hydrogen-bond acceptors (Lipinski definition) is 5. The molecule has 0 bridgehead atoms. The highest BCUT2D eigenvalue weighted by atomic mass is 16.5. The van der Waals surface area contributed by atoms with E-state index >= 15 is 0 Å². The SMILES string of the molecule is CCCCC/C=C\C/C=C\CCCCCCCCCCCC(=O)OCCCC/C=C\CCCCCCCC(=O)NC(CO)C(O)CCCCCCCCCCCCCCCCCCCCCCCCCCC. The van der Waals surface area contributed by atoms with Gasteiger partial charge in [0, 0.05) is 12.8 Å². The van der Waals surface area contributed by atoms with E-state index in [9.17, 15) is 19.8 Å². The lowest BCUT2D eigenvalue weighted by molar-refractivity contribution is -0.143. The van der Waals surface area contributed by atoms with Gasteiger partial charge in [0.25, 0.3) is 0 Å². The maximum atomic E-state index is 12.5. The fraction of sp³-hybridized carbons (Fsp3) is 0.879. The molecule has 0 aromatic rings. The average Bonchev–Trinajstić information content (AvgIpc) is 3.38. The Morgan fingerprint density at radius 2 is 0.694 bits per heavy atom. The lowest BCUT2D eigenvalue weighted by Crippen LogP contribution is -2.45. The van der Waals surface area contributed by atoms with Crippen molar-refractivity contribution in [1.82, 2.24) is 5.32 Å². The summed E-state index contributed by atoms with van der Waals surface area (Å²) >= 11 is 0. The first-order valence-corrected chi connectivity index (χ1v) is 32.2. The zero-order chi connectivity index (χ0) is 52.2. The highest BCUT2D eigenvalue weighted by Crippen LogP contribution is 2.18. The van der Waals surface area contributed by atoms with Crippen LogP contribution in [0.3, 0.4) is 0 Å². The third-order valence-electron chi connectivity index (χ3n) is 14.9. The van der Waals surface area contributed by atoms with Gasteiger partial charge in [0.2, 0.25) is 5.91 Å². The van der Waals surface area contributed by atoms with E-state index in [0.29, 0.717) is 25.9 Å². The Labute approximate surface area is 449 Å². The van der Waals surface area contributed by atoms with Crippen LogP contribution in [-0.4, -0.2) is 47.4 Å². The predicted molar refractivity (Wildman–Crippen MR) is 315 cm³/mol. The lowest BCUT2D eigenvalue weighted by atomic mass is 10.0. The van der Waals surface area contributed by atoms with E-state index in [4.69, 9.17) is 4.74 Å². The molecule has 3 N–H and O–H groups in total. The molecule has 0 radical (unpaired) electrons. The molecule has 72 heavy (non-hydrogen) atoms. The number of carbonyl (C=O) groups is 2. The van der Waals surface area contributed by atoms with Crippen molar-refractivity contribution >= 4 is 11.9 Å². The van der Waals surface area contributed by atoms with Crippen LogP contribution in [0.25, 0.3) is 0 Å². The molecule has 2 atom stereocenters. The molecule has 0 aliphatic heterocycles. The van der Waals surface area contributed by atoms with Crippen molar-refractivity contribution < 1.29 is 24.5 Å². The van der Waals surface area contributed by atoms with E-state index in [1.54, 1.807) is 0 Å². The van der Waals surface area contributed by atoms with Gasteiger partial charge in [-0.2, -0.15) is 0 Å². The first-order chi connectivity index (χ1) is 35.5. The molecule has 2 unspecified atom stereocenters. The molecule has 0 saturated heterocycles. The molecule has 6 nitrogen and oxygen atoms in total. The Morgan fingerprint density at radius 3 is 1.10 bits per heavy atom. The van der Waals surface area contributed by atoms with E-state index < -0.39 is 12.1 Å². The summed E-state index contributed by atoms with van der Waals surface area (Å²) in [5.41, 5.74) is 0. The van der Waals surface area contributed by atoms with Crippen LogP contribution in [0.15, 0.2) is 36.5 Å². The molecular formula is C66H125NO5. The Balaban J connectivity index is 3.48. The van der Waals surface area contributed by atoms with E-state index in [1.165, 1.54) is 225 Å². The van der Waals surface area contributed by atoms with Crippen LogP contribution in [0.4, 0.5) is 0 Å². The van der Waals surface area contributed by atoms with E-state index in [0.717, 1.165) is 89.9 Å². The minimum Gasteiger partial charge on any atom is -0.466 e. The summed E-state index contributed by atoms with van der Waals surface area (Å²) in [6.45, 7) is 4.87. The topological polar surface area (TPSA) is 95.9 Å². The van der Waals surface area contributed by atoms with Crippen molar-refractivity contribution in [2.75, 3.05) is 13.2 Å². The molecule has 0 fully saturated rings. The van der Waals surface area contributed by atoms with Crippen LogP contribution in [0.1, 0.15) is 348 Å². The number of rotatable bonds is 60. The second-order valence-electron chi connectivity index (χ2n) is 22.1. The second kappa shape index (κ2) is 61.6. The van der Waals surface area contributed by atoms with Crippen LogP contribution in [0, 0.1) is 0 Å². The van der Waals surface area contributed by atoms with Crippen molar-refractivity contribution in [2.24, 2.45) is 0 Å². The Kier molecular flexibility index (Phi) is 60.0. The first kappa shape index (κ1) is 70.1. The van der Waals surface area contributed by atoms with Gasteiger partial charge >= 0.3 is 5.97 Å². The van der Waals surface area contributed by atoms with Gasteiger partial charge in [-0.05, 0) is 83.5 Å². The molecule has 0 aliphatic carbocycles. The van der Waals surface area contributed by atoms with Gasteiger partial charge < -0.3 is 20.3 Å². The summed E-state index contributed by atoms with van der Waals surface area (Å²) in [7, 11) is 0. The molecule has 0 saturated carbocycles. The quantitative estimate of drug-likeness (QED) is 0.0320. The fourth-order valence-electron chi connectivity index (χ4n) is 9.96. The summed E-state index contributed by atoms with van der Waals surface area (Å²) in [6.07, 6.45) is 77.3. The van der Waals surface area contributed by atoms with Gasteiger partial charge in [0.1, 0.15) is 0 Å². The van der Waals surface area contributed by atoms with Crippen LogP contribution >= 0.6 is 0 Å². The largest absolute Gasteiger partial charge is 0.466 e. The molecule has 424 valence electrons. The van der Waals surface area contributed by atoms with Gasteiger partial charge in [-0.25, -0.2) is 0 Å². The van der Waals surface area contributed by atoms with Crippen LogP contribution in [0.2, 0.25) is 0 Å². The van der Waals surface area contributed by atoms with Crippen molar-refractivity contribution in [3.8, 4) is 0 Å². The monoisotopic (exact) mass is 1010 g/mol. The summed E-state index contributed by atoms with van der Waals surface area (Å²) in [5, 5.41) is 23.4. The van der Waals surface area contributed by atoms with E-state index in [1.807, 2.05) is 0 Å². The first-order valence-electron chi connectivity index (χ1n) is 32.2. The highest BCUT2D eigenvalue weighted by molar-refractivity contribution is 5.76. The lowest BCUT2D eigenvalue weighted by Gasteiger charge is -2.22. The minimum atomic E-state index is -0.685. The van der Waals surface area contributed by atoms with Gasteiger partial charge in [0.15, 0.2) is 0 Å². The molecular weight excluding hydrogens is 887 g/mol. The van der Waals surface area contributed by atoms with Crippen molar-refractivity contribution in [3.63, 3.8) is 0 Å². The van der Waals surface area contributed by atoms with Gasteiger partial charge in [-0.1, -0.05) is 288 Å². The molecule has 0 aromatic carbocycles. The summed E-state index contributed by atoms with van der Waals surface area (Å²) < 4.78 is 5.46. The van der Waals surface area contributed by atoms with E-state index in [-0.39, 0.29) is 18.5 Å². The average molecular weight is 1010 g/mol. The normalized spacial score (nSPS) is 12.8. The minimum absolute atomic E-state index is 0.0340. The fourth-order valence-corrected chi connectivity index (χ4v) is 9.96. The van der Waals surface area contributed by atoms with Crippen LogP contribution in [-0.2, 0) is 14.3 Å². The number of aliphatic hydroxyl groups is 2. The molecule has 0 heterocycles. The summed E-state index contributed by atoms with van der Waals surface area (Å²) in [4.78, 5) is 24.6. The van der Waals surface area contributed by atoms with Crippen molar-refractivity contribution in [2.45, 2.75) is 360 Å². The number of esters is 1. The van der Waals surface area contributed by atoms with Crippen molar-refractivity contribution in [1.29, 1.82) is 0 Å². The van der Waals surface area contributed by atoms with Gasteiger partial charge in [-0.3, -0.25) is 9.59 Å². The zero-order valence-electron chi connectivity index (χ0n) is 48.4. The number of aliphatic hydroxyl groups excluding tert-OH is 2. The second-order valence-corrected chi connectivity index (χ2v) is 22.1. The van der Waals surface area contributed by atoms with Crippen LogP contribution in [0.5, 0.6) is 0 Å². The predicted octanol–water partition coefficient (Wildman–Crippen LogP) is 20.4. The molecule has 0 spiro atoms. The molecule has 0 rings (SSSR count). The molecule has 6 heteroatoms. The Hall–Kier alpha value is -1.92. The van der Waals surface area contributed by atoms with Crippen LogP contribution < -0.4 is 5.32 Å². The third-order valence-corrected chi connectivity index (χ3v) is 14.9. The molecule has 0 aromatic heterocycles. The number of amides is 1. The standard InChI is InChI=1S/C66H125NO5/c1-3-5-7-9-11-13-15-17-19-21-23-24-25-26-27-28-30-31-33-35-38-42-46-50-54-58-64(69)63(62-68)67-65(70)59-55-51-47-43-39-37-41-45-49-53-57-61-72-66(71)60-56-52-48-44-40-36-34-32-29-22-20-18-16-14-12-10-8-6-4-2/h12,14,18,20,41,45,63-64,68-69H,3-11,13,15-17,19,21-40,42-44,46-62H2,1-2H3,(H,67,70)/b14-12-,20-18-,45-41-. The number of carbonyl (C=O) groups excluding carboxylic acids is 2.